The number of likely N-dealkylation sites (N-methyl/N-ethyl adjacent to an activating group) is 1. The Morgan fingerprint density at radius 2 is 1.80 bits per heavy atom. The fourth-order valence-electron chi connectivity index (χ4n) is 3.31. The maximum Gasteiger partial charge on any atom is 0.139 e. The van der Waals surface area contributed by atoms with Gasteiger partial charge >= 0.3 is 0 Å². The van der Waals surface area contributed by atoms with Gasteiger partial charge in [0.05, 0.1) is 17.1 Å². The maximum atomic E-state index is 9.39. The lowest BCUT2D eigenvalue weighted by molar-refractivity contribution is 0.312. The van der Waals surface area contributed by atoms with Crippen LogP contribution < -0.4 is 4.90 Å². The molecule has 0 saturated carbocycles. The van der Waals surface area contributed by atoms with Crippen molar-refractivity contribution in [3.63, 3.8) is 0 Å². The van der Waals surface area contributed by atoms with Crippen LogP contribution >= 0.6 is 0 Å². The Balaban J connectivity index is 1.82. The molecule has 1 saturated heterocycles. The van der Waals surface area contributed by atoms with Crippen LogP contribution in [0.4, 0.5) is 5.82 Å². The zero-order chi connectivity index (χ0) is 17.2. The number of hydrogen-bond acceptors (Lipinski definition) is 5. The molecule has 1 fully saturated rings. The van der Waals surface area contributed by atoms with Gasteiger partial charge in [-0.2, -0.15) is 5.26 Å². The number of anilines is 1. The Morgan fingerprint density at radius 1 is 1.00 bits per heavy atom. The molecule has 1 aromatic heterocycles. The van der Waals surface area contributed by atoms with E-state index in [1.807, 2.05) is 36.4 Å². The van der Waals surface area contributed by atoms with Crippen molar-refractivity contribution in [2.45, 2.75) is 0 Å². The molecule has 25 heavy (non-hydrogen) atoms. The number of nitriles is 1. The summed E-state index contributed by atoms with van der Waals surface area (Å²) in [7, 11) is 2.15. The number of aromatic nitrogens is 2. The topological polar surface area (TPSA) is 56.1 Å². The summed E-state index contributed by atoms with van der Waals surface area (Å²) >= 11 is 0. The first kappa shape index (κ1) is 15.6. The molecule has 124 valence electrons. The van der Waals surface area contributed by atoms with Gasteiger partial charge in [0.25, 0.3) is 0 Å². The fourth-order valence-corrected chi connectivity index (χ4v) is 3.31. The molecule has 0 radical (unpaired) electrons. The van der Waals surface area contributed by atoms with Gasteiger partial charge in [-0.3, -0.25) is 0 Å². The third-order valence-electron chi connectivity index (χ3n) is 4.78. The zero-order valence-corrected chi connectivity index (χ0v) is 14.2. The lowest BCUT2D eigenvalue weighted by atomic mass is 9.99. The zero-order valence-electron chi connectivity index (χ0n) is 14.2. The third kappa shape index (κ3) is 2.92. The summed E-state index contributed by atoms with van der Waals surface area (Å²) < 4.78 is 0. The van der Waals surface area contributed by atoms with Crippen molar-refractivity contribution < 1.29 is 0 Å². The highest BCUT2D eigenvalue weighted by molar-refractivity contribution is 5.93. The van der Waals surface area contributed by atoms with Crippen molar-refractivity contribution in [1.29, 1.82) is 5.26 Å². The maximum absolute atomic E-state index is 9.39. The summed E-state index contributed by atoms with van der Waals surface area (Å²) in [6.45, 7) is 3.98. The summed E-state index contributed by atoms with van der Waals surface area (Å²) in [5.74, 6) is 0.981. The standard InChI is InChI=1S/C20H19N5/c1-24-8-10-25(11-9-24)20-18-12-15(6-7-19(18)22-14-23-20)17-5-3-2-4-16(17)13-21/h2-7,12,14H,8-11H2,1H3. The second-order valence-corrected chi connectivity index (χ2v) is 6.38. The van der Waals surface area contributed by atoms with Gasteiger partial charge in [0.1, 0.15) is 12.1 Å². The van der Waals surface area contributed by atoms with E-state index in [0.717, 1.165) is 54.0 Å². The number of hydrogen-bond donors (Lipinski definition) is 0. The van der Waals surface area contributed by atoms with Gasteiger partial charge in [0.2, 0.25) is 0 Å². The Morgan fingerprint density at radius 3 is 2.60 bits per heavy atom. The van der Waals surface area contributed by atoms with Gasteiger partial charge in [-0.25, -0.2) is 9.97 Å². The van der Waals surface area contributed by atoms with Crippen LogP contribution in [0.2, 0.25) is 0 Å². The molecule has 0 spiro atoms. The van der Waals surface area contributed by atoms with Gasteiger partial charge in [-0.05, 0) is 36.4 Å². The van der Waals surface area contributed by atoms with E-state index in [1.165, 1.54) is 0 Å². The van der Waals surface area contributed by atoms with Gasteiger partial charge in [0.15, 0.2) is 0 Å². The molecule has 0 unspecified atom stereocenters. The van der Waals surface area contributed by atoms with E-state index >= 15 is 0 Å². The second kappa shape index (κ2) is 6.50. The average molecular weight is 329 g/mol. The number of piperazine rings is 1. The molecular weight excluding hydrogens is 310 g/mol. The quantitative estimate of drug-likeness (QED) is 0.723. The van der Waals surface area contributed by atoms with Crippen LogP contribution in [0.1, 0.15) is 5.56 Å². The summed E-state index contributed by atoms with van der Waals surface area (Å²) in [4.78, 5) is 13.6. The van der Waals surface area contributed by atoms with Crippen LogP contribution in [0.25, 0.3) is 22.0 Å². The van der Waals surface area contributed by atoms with E-state index in [-0.39, 0.29) is 0 Å². The highest BCUT2D eigenvalue weighted by atomic mass is 15.3. The third-order valence-corrected chi connectivity index (χ3v) is 4.78. The van der Waals surface area contributed by atoms with Crippen LogP contribution in [0, 0.1) is 11.3 Å². The van der Waals surface area contributed by atoms with Gasteiger partial charge < -0.3 is 9.80 Å². The van der Waals surface area contributed by atoms with Crippen molar-refractivity contribution in [2.75, 3.05) is 38.1 Å². The smallest absolute Gasteiger partial charge is 0.139 e. The number of benzene rings is 2. The normalized spacial score (nSPS) is 15.3. The first-order valence-corrected chi connectivity index (χ1v) is 8.44. The van der Waals surface area contributed by atoms with Crippen LogP contribution in [-0.2, 0) is 0 Å². The molecule has 0 bridgehead atoms. The predicted molar refractivity (Wildman–Crippen MR) is 99.4 cm³/mol. The van der Waals surface area contributed by atoms with Crippen molar-refractivity contribution in [1.82, 2.24) is 14.9 Å². The molecule has 2 aromatic carbocycles. The van der Waals surface area contributed by atoms with Crippen LogP contribution in [0.15, 0.2) is 48.8 Å². The van der Waals surface area contributed by atoms with Gasteiger partial charge in [-0.1, -0.05) is 24.3 Å². The van der Waals surface area contributed by atoms with Crippen molar-refractivity contribution in [2.24, 2.45) is 0 Å². The monoisotopic (exact) mass is 329 g/mol. The summed E-state index contributed by atoms with van der Waals surface area (Å²) in [6.07, 6.45) is 1.64. The summed E-state index contributed by atoms with van der Waals surface area (Å²) in [6, 6.07) is 16.1. The van der Waals surface area contributed by atoms with Gasteiger partial charge in [0, 0.05) is 31.6 Å². The summed E-state index contributed by atoms with van der Waals surface area (Å²) in [5.41, 5.74) is 3.58. The Hall–Kier alpha value is -2.97. The molecule has 4 rings (SSSR count). The van der Waals surface area contributed by atoms with E-state index in [4.69, 9.17) is 0 Å². The summed E-state index contributed by atoms with van der Waals surface area (Å²) in [5, 5.41) is 10.4. The molecule has 0 aliphatic carbocycles. The number of rotatable bonds is 2. The first-order valence-electron chi connectivity index (χ1n) is 8.44. The highest BCUT2D eigenvalue weighted by Crippen LogP contribution is 2.30. The van der Waals surface area contributed by atoms with Crippen molar-refractivity contribution in [3.8, 4) is 17.2 Å². The van der Waals surface area contributed by atoms with E-state index < -0.39 is 0 Å². The molecule has 5 nitrogen and oxygen atoms in total. The van der Waals surface area contributed by atoms with E-state index in [9.17, 15) is 5.26 Å². The van der Waals surface area contributed by atoms with Gasteiger partial charge in [-0.15, -0.1) is 0 Å². The van der Waals surface area contributed by atoms with Crippen LogP contribution in [0.3, 0.4) is 0 Å². The SMILES string of the molecule is CN1CCN(c2ncnc3ccc(-c4ccccc4C#N)cc23)CC1. The first-order chi connectivity index (χ1) is 12.3. The fraction of sp³-hybridized carbons (Fsp3) is 0.250. The highest BCUT2D eigenvalue weighted by Gasteiger charge is 2.18. The molecule has 2 heterocycles. The molecule has 0 atom stereocenters. The molecule has 0 N–H and O–H groups in total. The van der Waals surface area contributed by atoms with E-state index in [2.05, 4.69) is 39.0 Å². The number of fused-ring (bicyclic) bond motifs is 1. The lowest BCUT2D eigenvalue weighted by Crippen LogP contribution is -2.44. The van der Waals surface area contributed by atoms with Crippen LogP contribution in [-0.4, -0.2) is 48.1 Å². The largest absolute Gasteiger partial charge is 0.353 e. The van der Waals surface area contributed by atoms with E-state index in [0.29, 0.717) is 5.56 Å². The Kier molecular flexibility index (Phi) is 4.04. The Labute approximate surface area is 147 Å². The molecule has 5 heteroatoms. The van der Waals surface area contributed by atoms with E-state index in [1.54, 1.807) is 6.33 Å². The average Bonchev–Trinajstić information content (AvgIpc) is 2.68. The van der Waals surface area contributed by atoms with Crippen LogP contribution in [0.5, 0.6) is 0 Å². The molecule has 3 aromatic rings. The van der Waals surface area contributed by atoms with Crippen molar-refractivity contribution in [3.05, 3.63) is 54.4 Å². The minimum absolute atomic E-state index is 0.680. The number of nitrogens with zero attached hydrogens (tertiary/aromatic N) is 5. The molecule has 1 aliphatic heterocycles. The minimum Gasteiger partial charge on any atom is -0.353 e. The molecule has 1 aliphatic rings. The second-order valence-electron chi connectivity index (χ2n) is 6.38. The van der Waals surface area contributed by atoms with Crippen molar-refractivity contribution >= 4 is 16.7 Å². The predicted octanol–water partition coefficient (Wildman–Crippen LogP) is 2.92. The minimum atomic E-state index is 0.680. The Bertz CT molecular complexity index is 952. The lowest BCUT2D eigenvalue weighted by Gasteiger charge is -2.33. The molecular formula is C20H19N5. The molecule has 0 amide bonds.